The zero-order chi connectivity index (χ0) is 12.7. The minimum Gasteiger partial charge on any atom is -0.317 e. The highest BCUT2D eigenvalue weighted by molar-refractivity contribution is 7.90. The van der Waals surface area contributed by atoms with E-state index in [1.165, 1.54) is 44.8 Å². The SMILES string of the molecule is CNC(CCCS(C)(=O)=O)C1CCCCCC1. The molecule has 1 atom stereocenters. The molecule has 1 rings (SSSR count). The molecule has 0 aromatic rings. The van der Waals surface area contributed by atoms with Crippen molar-refractivity contribution in [1.82, 2.24) is 5.32 Å². The molecule has 1 saturated carbocycles. The average molecular weight is 261 g/mol. The molecule has 0 saturated heterocycles. The van der Waals surface area contributed by atoms with Crippen molar-refractivity contribution in [1.29, 1.82) is 0 Å². The molecule has 1 aliphatic rings. The van der Waals surface area contributed by atoms with Crippen LogP contribution in [-0.4, -0.2) is 33.5 Å². The van der Waals surface area contributed by atoms with Gasteiger partial charge in [0, 0.05) is 18.1 Å². The number of hydrogen-bond acceptors (Lipinski definition) is 3. The Kier molecular flexibility index (Phi) is 6.49. The highest BCUT2D eigenvalue weighted by Gasteiger charge is 2.21. The van der Waals surface area contributed by atoms with Crippen LogP contribution in [0, 0.1) is 5.92 Å². The molecule has 102 valence electrons. The molecule has 0 aromatic heterocycles. The van der Waals surface area contributed by atoms with Gasteiger partial charge in [0.25, 0.3) is 0 Å². The van der Waals surface area contributed by atoms with Crippen LogP contribution in [0.3, 0.4) is 0 Å². The molecule has 0 aliphatic heterocycles. The Balaban J connectivity index is 2.35. The van der Waals surface area contributed by atoms with Crippen molar-refractivity contribution in [3.8, 4) is 0 Å². The number of sulfone groups is 1. The van der Waals surface area contributed by atoms with E-state index < -0.39 is 9.84 Å². The van der Waals surface area contributed by atoms with Crippen LogP contribution in [-0.2, 0) is 9.84 Å². The van der Waals surface area contributed by atoms with Gasteiger partial charge in [-0.15, -0.1) is 0 Å². The van der Waals surface area contributed by atoms with Crippen LogP contribution in [0.4, 0.5) is 0 Å². The summed E-state index contributed by atoms with van der Waals surface area (Å²) in [6.45, 7) is 0. The molecular formula is C13H27NO2S. The standard InChI is InChI=1S/C13H27NO2S/c1-14-13(10-7-11-17(2,15)16)12-8-5-3-4-6-9-12/h12-14H,3-11H2,1-2H3. The van der Waals surface area contributed by atoms with E-state index >= 15 is 0 Å². The Hall–Kier alpha value is -0.0900. The van der Waals surface area contributed by atoms with Crippen LogP contribution in [0.2, 0.25) is 0 Å². The van der Waals surface area contributed by atoms with E-state index in [-0.39, 0.29) is 0 Å². The van der Waals surface area contributed by atoms with E-state index in [9.17, 15) is 8.42 Å². The van der Waals surface area contributed by atoms with Gasteiger partial charge in [0.1, 0.15) is 9.84 Å². The summed E-state index contributed by atoms with van der Waals surface area (Å²) in [7, 11) is -0.784. The zero-order valence-corrected chi connectivity index (χ0v) is 12.1. The Morgan fingerprint density at radius 2 is 1.76 bits per heavy atom. The van der Waals surface area contributed by atoms with Gasteiger partial charge in [0.15, 0.2) is 0 Å². The van der Waals surface area contributed by atoms with Gasteiger partial charge in [-0.2, -0.15) is 0 Å². The summed E-state index contributed by atoms with van der Waals surface area (Å²) in [6, 6.07) is 0.509. The first-order valence-electron chi connectivity index (χ1n) is 6.88. The minimum absolute atomic E-state index is 0.331. The maximum Gasteiger partial charge on any atom is 0.147 e. The molecule has 4 heteroatoms. The molecule has 0 heterocycles. The van der Waals surface area contributed by atoms with Gasteiger partial charge in [0.2, 0.25) is 0 Å². The largest absolute Gasteiger partial charge is 0.317 e. The molecule has 0 bridgehead atoms. The highest BCUT2D eigenvalue weighted by Crippen LogP contribution is 2.27. The number of hydrogen-bond donors (Lipinski definition) is 1. The second kappa shape index (κ2) is 7.37. The van der Waals surface area contributed by atoms with Crippen LogP contribution >= 0.6 is 0 Å². The second-order valence-electron chi connectivity index (χ2n) is 5.42. The molecule has 17 heavy (non-hydrogen) atoms. The van der Waals surface area contributed by atoms with Gasteiger partial charge < -0.3 is 5.32 Å². The smallest absolute Gasteiger partial charge is 0.147 e. The third-order valence-electron chi connectivity index (χ3n) is 3.87. The minimum atomic E-state index is -2.79. The Bertz CT molecular complexity index is 293. The van der Waals surface area contributed by atoms with Crippen molar-refractivity contribution in [3.05, 3.63) is 0 Å². The summed E-state index contributed by atoms with van der Waals surface area (Å²) in [5.74, 6) is 1.08. The van der Waals surface area contributed by atoms with Crippen molar-refractivity contribution in [2.45, 2.75) is 57.4 Å². The molecule has 0 aromatic carbocycles. The van der Waals surface area contributed by atoms with E-state index in [0.717, 1.165) is 18.8 Å². The quantitative estimate of drug-likeness (QED) is 0.747. The van der Waals surface area contributed by atoms with E-state index in [4.69, 9.17) is 0 Å². The molecule has 1 fully saturated rings. The van der Waals surface area contributed by atoms with Crippen molar-refractivity contribution in [3.63, 3.8) is 0 Å². The van der Waals surface area contributed by atoms with Gasteiger partial charge in [-0.25, -0.2) is 8.42 Å². The predicted molar refractivity (Wildman–Crippen MR) is 73.0 cm³/mol. The van der Waals surface area contributed by atoms with E-state index in [1.807, 2.05) is 7.05 Å². The van der Waals surface area contributed by atoms with Gasteiger partial charge in [-0.1, -0.05) is 25.7 Å². The third kappa shape index (κ3) is 6.41. The fourth-order valence-corrected chi connectivity index (χ4v) is 3.59. The fourth-order valence-electron chi connectivity index (χ4n) is 2.89. The topological polar surface area (TPSA) is 46.2 Å². The maximum absolute atomic E-state index is 11.1. The van der Waals surface area contributed by atoms with E-state index in [2.05, 4.69) is 5.32 Å². The van der Waals surface area contributed by atoms with Crippen LogP contribution in [0.15, 0.2) is 0 Å². The second-order valence-corrected chi connectivity index (χ2v) is 7.68. The van der Waals surface area contributed by atoms with Crippen LogP contribution in [0.1, 0.15) is 51.4 Å². The Labute approximate surface area is 106 Å². The number of rotatable bonds is 6. The molecule has 0 radical (unpaired) electrons. The fraction of sp³-hybridized carbons (Fsp3) is 1.00. The van der Waals surface area contributed by atoms with E-state index in [1.54, 1.807) is 0 Å². The van der Waals surface area contributed by atoms with Crippen LogP contribution < -0.4 is 5.32 Å². The summed E-state index contributed by atoms with van der Waals surface area (Å²) in [5.41, 5.74) is 0. The first-order valence-corrected chi connectivity index (χ1v) is 8.94. The number of nitrogens with one attached hydrogen (secondary N) is 1. The molecule has 1 N–H and O–H groups in total. The van der Waals surface area contributed by atoms with Crippen molar-refractivity contribution < 1.29 is 8.42 Å². The van der Waals surface area contributed by atoms with Crippen LogP contribution in [0.25, 0.3) is 0 Å². The summed E-state index contributed by atoms with van der Waals surface area (Å²) in [4.78, 5) is 0. The van der Waals surface area contributed by atoms with E-state index in [0.29, 0.717) is 11.8 Å². The van der Waals surface area contributed by atoms with Gasteiger partial charge >= 0.3 is 0 Å². The lowest BCUT2D eigenvalue weighted by Gasteiger charge is -2.25. The van der Waals surface area contributed by atoms with Gasteiger partial charge in [-0.3, -0.25) is 0 Å². The Morgan fingerprint density at radius 3 is 2.24 bits per heavy atom. The molecule has 1 unspecified atom stereocenters. The molecular weight excluding hydrogens is 234 g/mol. The highest BCUT2D eigenvalue weighted by atomic mass is 32.2. The third-order valence-corrected chi connectivity index (χ3v) is 4.90. The molecule has 1 aliphatic carbocycles. The summed E-state index contributed by atoms with van der Waals surface area (Å²) in [5, 5.41) is 3.39. The maximum atomic E-state index is 11.1. The molecule has 0 amide bonds. The van der Waals surface area contributed by atoms with Crippen molar-refractivity contribution in [2.24, 2.45) is 5.92 Å². The summed E-state index contributed by atoms with van der Waals surface area (Å²) < 4.78 is 22.2. The van der Waals surface area contributed by atoms with Gasteiger partial charge in [0.05, 0.1) is 0 Å². The molecule has 0 spiro atoms. The average Bonchev–Trinajstić information content (AvgIpc) is 2.51. The lowest BCUT2D eigenvalue weighted by molar-refractivity contribution is 0.317. The van der Waals surface area contributed by atoms with Crippen LogP contribution in [0.5, 0.6) is 0 Å². The van der Waals surface area contributed by atoms with Crippen molar-refractivity contribution in [2.75, 3.05) is 19.1 Å². The first kappa shape index (κ1) is 15.0. The lowest BCUT2D eigenvalue weighted by atomic mass is 9.89. The normalized spacial score (nSPS) is 21.1. The Morgan fingerprint density at radius 1 is 1.18 bits per heavy atom. The van der Waals surface area contributed by atoms with Gasteiger partial charge in [-0.05, 0) is 38.6 Å². The predicted octanol–water partition coefficient (Wildman–Crippen LogP) is 2.37. The zero-order valence-electron chi connectivity index (χ0n) is 11.2. The molecule has 3 nitrogen and oxygen atoms in total. The summed E-state index contributed by atoms with van der Waals surface area (Å²) in [6.07, 6.45) is 11.2. The lowest BCUT2D eigenvalue weighted by Crippen LogP contribution is -2.33. The van der Waals surface area contributed by atoms with Crippen molar-refractivity contribution >= 4 is 9.84 Å². The first-order chi connectivity index (χ1) is 8.03. The summed E-state index contributed by atoms with van der Waals surface area (Å²) >= 11 is 0. The monoisotopic (exact) mass is 261 g/mol.